The Labute approximate surface area is 171 Å². The van der Waals surface area contributed by atoms with Crippen LogP contribution in [0.2, 0.25) is 0 Å². The number of carbonyl (C=O) groups is 3. The standard InChI is InChI=1S/C20H20N6O4/c1-12(22-20(21)30)17(27)23-24-18(28)16-14-9-5-6-10-15(14)19(29)26(25-16)11-13-7-3-2-4-8-13/h2-10,12H,11H2,1H3,(H,23,27)(H,24,28)(H3,21,22,30). The molecule has 0 saturated carbocycles. The quantitative estimate of drug-likeness (QED) is 0.447. The number of urea groups is 1. The van der Waals surface area contributed by atoms with E-state index in [9.17, 15) is 19.2 Å². The van der Waals surface area contributed by atoms with Crippen molar-refractivity contribution in [3.63, 3.8) is 0 Å². The van der Waals surface area contributed by atoms with E-state index in [1.165, 1.54) is 11.6 Å². The molecule has 0 saturated heterocycles. The number of nitrogens with two attached hydrogens (primary N) is 1. The van der Waals surface area contributed by atoms with Crippen molar-refractivity contribution in [2.75, 3.05) is 0 Å². The molecule has 3 aromatic rings. The Kier molecular flexibility index (Phi) is 6.06. The number of nitrogens with one attached hydrogen (secondary N) is 3. The second-order valence-electron chi connectivity index (χ2n) is 6.52. The van der Waals surface area contributed by atoms with Crippen molar-refractivity contribution >= 4 is 28.6 Å². The Morgan fingerprint density at radius 1 is 1.00 bits per heavy atom. The maximum absolute atomic E-state index is 12.8. The Morgan fingerprint density at radius 2 is 1.63 bits per heavy atom. The first-order valence-corrected chi connectivity index (χ1v) is 9.06. The average molecular weight is 408 g/mol. The van der Waals surface area contributed by atoms with E-state index in [0.29, 0.717) is 10.8 Å². The lowest BCUT2D eigenvalue weighted by Crippen LogP contribution is -2.52. The molecule has 0 radical (unpaired) electrons. The molecule has 1 unspecified atom stereocenters. The largest absolute Gasteiger partial charge is 0.352 e. The molecule has 0 spiro atoms. The normalized spacial score (nSPS) is 11.5. The fourth-order valence-electron chi connectivity index (χ4n) is 2.83. The van der Waals surface area contributed by atoms with Crippen molar-refractivity contribution in [1.29, 1.82) is 0 Å². The van der Waals surface area contributed by atoms with E-state index in [1.54, 1.807) is 24.3 Å². The van der Waals surface area contributed by atoms with Crippen LogP contribution in [-0.2, 0) is 11.3 Å². The lowest BCUT2D eigenvalue weighted by molar-refractivity contribution is -0.123. The van der Waals surface area contributed by atoms with Crippen LogP contribution in [0.1, 0.15) is 23.0 Å². The van der Waals surface area contributed by atoms with Crippen molar-refractivity contribution < 1.29 is 14.4 Å². The van der Waals surface area contributed by atoms with E-state index in [2.05, 4.69) is 21.3 Å². The van der Waals surface area contributed by atoms with E-state index in [4.69, 9.17) is 5.73 Å². The summed E-state index contributed by atoms with van der Waals surface area (Å²) in [6, 6.07) is 14.0. The molecule has 4 amide bonds. The number of carbonyl (C=O) groups excluding carboxylic acids is 3. The first-order chi connectivity index (χ1) is 14.4. The van der Waals surface area contributed by atoms with Gasteiger partial charge in [0.15, 0.2) is 5.69 Å². The summed E-state index contributed by atoms with van der Waals surface area (Å²) in [4.78, 5) is 48.3. The molecule has 10 heteroatoms. The molecular formula is C20H20N6O4. The van der Waals surface area contributed by atoms with Crippen LogP contribution in [0.5, 0.6) is 0 Å². The zero-order valence-corrected chi connectivity index (χ0v) is 16.1. The van der Waals surface area contributed by atoms with Gasteiger partial charge < -0.3 is 11.1 Å². The molecule has 0 fully saturated rings. The highest BCUT2D eigenvalue weighted by Crippen LogP contribution is 2.13. The van der Waals surface area contributed by atoms with Crippen molar-refractivity contribution in [3.8, 4) is 0 Å². The fraction of sp³-hybridized carbons (Fsp3) is 0.150. The number of hydrazine groups is 1. The number of primary amides is 1. The molecule has 3 rings (SSSR count). The van der Waals surface area contributed by atoms with Gasteiger partial charge in [-0.25, -0.2) is 9.48 Å². The number of aromatic nitrogens is 2. The molecule has 10 nitrogen and oxygen atoms in total. The highest BCUT2D eigenvalue weighted by molar-refractivity contribution is 6.05. The van der Waals surface area contributed by atoms with Gasteiger partial charge in [0.1, 0.15) is 6.04 Å². The number of benzene rings is 2. The third-order valence-electron chi connectivity index (χ3n) is 4.31. The molecule has 0 bridgehead atoms. The second kappa shape index (κ2) is 8.86. The smallest absolute Gasteiger partial charge is 0.312 e. The molecule has 1 heterocycles. The Morgan fingerprint density at radius 3 is 2.30 bits per heavy atom. The van der Waals surface area contributed by atoms with Crippen LogP contribution in [0.25, 0.3) is 10.8 Å². The second-order valence-corrected chi connectivity index (χ2v) is 6.52. The maximum atomic E-state index is 12.8. The molecular weight excluding hydrogens is 388 g/mol. The van der Waals surface area contributed by atoms with Gasteiger partial charge in [0.05, 0.1) is 11.9 Å². The summed E-state index contributed by atoms with van der Waals surface area (Å²) < 4.78 is 1.20. The Hall–Kier alpha value is -4.21. The van der Waals surface area contributed by atoms with Gasteiger partial charge in [-0.3, -0.25) is 25.2 Å². The van der Waals surface area contributed by atoms with Gasteiger partial charge in [-0.15, -0.1) is 0 Å². The molecule has 2 aromatic carbocycles. The Balaban J connectivity index is 1.89. The minimum atomic E-state index is -0.959. The van der Waals surface area contributed by atoms with E-state index in [1.807, 2.05) is 30.3 Å². The molecule has 154 valence electrons. The van der Waals surface area contributed by atoms with Crippen LogP contribution < -0.4 is 27.5 Å². The van der Waals surface area contributed by atoms with Crippen LogP contribution in [0.15, 0.2) is 59.4 Å². The van der Waals surface area contributed by atoms with Crippen LogP contribution in [0.4, 0.5) is 4.79 Å². The molecule has 5 N–H and O–H groups in total. The van der Waals surface area contributed by atoms with Gasteiger partial charge in [0, 0.05) is 5.39 Å². The van der Waals surface area contributed by atoms with Crippen LogP contribution >= 0.6 is 0 Å². The predicted molar refractivity (Wildman–Crippen MR) is 109 cm³/mol. The van der Waals surface area contributed by atoms with E-state index < -0.39 is 23.9 Å². The van der Waals surface area contributed by atoms with Gasteiger partial charge in [-0.2, -0.15) is 5.10 Å². The van der Waals surface area contributed by atoms with Crippen LogP contribution in [0.3, 0.4) is 0 Å². The van der Waals surface area contributed by atoms with E-state index in [0.717, 1.165) is 5.56 Å². The molecule has 0 aliphatic rings. The summed E-state index contributed by atoms with van der Waals surface area (Å²) in [6.07, 6.45) is 0. The molecule has 30 heavy (non-hydrogen) atoms. The number of hydrogen-bond acceptors (Lipinski definition) is 5. The van der Waals surface area contributed by atoms with Gasteiger partial charge >= 0.3 is 6.03 Å². The molecule has 0 aliphatic carbocycles. The lowest BCUT2D eigenvalue weighted by Gasteiger charge is -2.14. The first-order valence-electron chi connectivity index (χ1n) is 9.06. The lowest BCUT2D eigenvalue weighted by atomic mass is 10.1. The van der Waals surface area contributed by atoms with E-state index >= 15 is 0 Å². The minimum absolute atomic E-state index is 0.0306. The van der Waals surface area contributed by atoms with Crippen molar-refractivity contribution in [2.45, 2.75) is 19.5 Å². The zero-order chi connectivity index (χ0) is 21.7. The highest BCUT2D eigenvalue weighted by Gasteiger charge is 2.19. The van der Waals surface area contributed by atoms with Gasteiger partial charge in [-0.05, 0) is 18.6 Å². The van der Waals surface area contributed by atoms with Gasteiger partial charge in [-0.1, -0.05) is 48.5 Å². The monoisotopic (exact) mass is 408 g/mol. The SMILES string of the molecule is CC(NC(N)=O)C(=O)NNC(=O)c1nn(Cc2ccccc2)c(=O)c2ccccc12. The summed E-state index contributed by atoms with van der Waals surface area (Å²) in [7, 11) is 0. The third-order valence-corrected chi connectivity index (χ3v) is 4.31. The Bertz CT molecular complexity index is 1160. The molecule has 1 aromatic heterocycles. The fourth-order valence-corrected chi connectivity index (χ4v) is 2.83. The number of rotatable bonds is 5. The topological polar surface area (TPSA) is 148 Å². The van der Waals surface area contributed by atoms with Gasteiger partial charge in [0.25, 0.3) is 17.4 Å². The highest BCUT2D eigenvalue weighted by atomic mass is 16.2. The predicted octanol–water partition coefficient (Wildman–Crippen LogP) is 0.263. The minimum Gasteiger partial charge on any atom is -0.352 e. The first kappa shape index (κ1) is 20.5. The molecule has 0 aliphatic heterocycles. The van der Waals surface area contributed by atoms with Crippen molar-refractivity contribution in [1.82, 2.24) is 25.9 Å². The van der Waals surface area contributed by atoms with Crippen molar-refractivity contribution in [3.05, 3.63) is 76.2 Å². The van der Waals surface area contributed by atoms with Crippen LogP contribution in [0, 0.1) is 0 Å². The van der Waals surface area contributed by atoms with Crippen LogP contribution in [-0.4, -0.2) is 33.7 Å². The number of nitrogens with zero attached hydrogens (tertiary/aromatic N) is 2. The average Bonchev–Trinajstić information content (AvgIpc) is 2.74. The maximum Gasteiger partial charge on any atom is 0.312 e. The summed E-state index contributed by atoms with van der Waals surface area (Å²) in [5, 5.41) is 7.08. The number of hydrogen-bond donors (Lipinski definition) is 4. The molecule has 1 atom stereocenters. The summed E-state index contributed by atoms with van der Waals surface area (Å²) in [6.45, 7) is 1.58. The number of amides is 4. The van der Waals surface area contributed by atoms with Crippen molar-refractivity contribution in [2.24, 2.45) is 5.73 Å². The summed E-state index contributed by atoms with van der Waals surface area (Å²) >= 11 is 0. The third kappa shape index (κ3) is 4.61. The number of fused-ring (bicyclic) bond motifs is 1. The van der Waals surface area contributed by atoms with E-state index in [-0.39, 0.29) is 17.8 Å². The summed E-state index contributed by atoms with van der Waals surface area (Å²) in [5.41, 5.74) is 9.89. The summed E-state index contributed by atoms with van der Waals surface area (Å²) in [5.74, 6) is -1.39. The zero-order valence-electron chi connectivity index (χ0n) is 16.1. The van der Waals surface area contributed by atoms with Gasteiger partial charge in [0.2, 0.25) is 0 Å².